The molecule has 6 nitrogen and oxygen atoms in total. The molecule has 0 bridgehead atoms. The second-order valence-corrected chi connectivity index (χ2v) is 3.19. The largest absolute Gasteiger partial charge is 0.473 e. The first-order valence-corrected chi connectivity index (χ1v) is 5.25. The Morgan fingerprint density at radius 2 is 2.06 bits per heavy atom. The fraction of sp³-hybridized carbons (Fsp3) is 0.250. The average molecular weight is 252 g/mol. The zero-order valence-corrected chi connectivity index (χ0v) is 10.0. The lowest BCUT2D eigenvalue weighted by Crippen LogP contribution is -2.09. The van der Waals surface area contributed by atoms with Gasteiger partial charge in [-0.25, -0.2) is 9.59 Å². The second-order valence-electron chi connectivity index (χ2n) is 3.19. The third kappa shape index (κ3) is 9.05. The van der Waals surface area contributed by atoms with Gasteiger partial charge in [-0.1, -0.05) is 18.2 Å². The quantitative estimate of drug-likeness (QED) is 0.543. The molecule has 0 amide bonds. The fourth-order valence-corrected chi connectivity index (χ4v) is 0.922. The SMILES string of the molecule is CNCCC=Cc1cccnc1.O=C(O)C(=O)O. The molecule has 6 heteroatoms. The molecule has 0 atom stereocenters. The van der Waals surface area contributed by atoms with Gasteiger partial charge < -0.3 is 15.5 Å². The zero-order valence-electron chi connectivity index (χ0n) is 10.0. The molecule has 1 aromatic heterocycles. The van der Waals surface area contributed by atoms with E-state index in [9.17, 15) is 0 Å². The maximum Gasteiger partial charge on any atom is 0.414 e. The molecule has 1 heterocycles. The summed E-state index contributed by atoms with van der Waals surface area (Å²) in [6.07, 6.45) is 8.93. The number of carboxylic acids is 2. The number of aliphatic carboxylic acids is 2. The van der Waals surface area contributed by atoms with Crippen molar-refractivity contribution in [2.24, 2.45) is 0 Å². The van der Waals surface area contributed by atoms with Gasteiger partial charge in [-0.2, -0.15) is 0 Å². The predicted molar refractivity (Wildman–Crippen MR) is 67.1 cm³/mol. The topological polar surface area (TPSA) is 99.5 Å². The maximum absolute atomic E-state index is 9.10. The van der Waals surface area contributed by atoms with Gasteiger partial charge in [0, 0.05) is 12.4 Å². The van der Waals surface area contributed by atoms with Crippen molar-refractivity contribution in [2.75, 3.05) is 13.6 Å². The lowest BCUT2D eigenvalue weighted by Gasteiger charge is -1.92. The number of aromatic nitrogens is 1. The van der Waals surface area contributed by atoms with Crippen LogP contribution in [-0.2, 0) is 9.59 Å². The van der Waals surface area contributed by atoms with Crippen molar-refractivity contribution in [2.45, 2.75) is 6.42 Å². The first-order chi connectivity index (χ1) is 8.57. The van der Waals surface area contributed by atoms with Gasteiger partial charge >= 0.3 is 11.9 Å². The molecule has 0 aliphatic carbocycles. The lowest BCUT2D eigenvalue weighted by molar-refractivity contribution is -0.159. The van der Waals surface area contributed by atoms with Crippen molar-refractivity contribution in [3.63, 3.8) is 0 Å². The molecule has 18 heavy (non-hydrogen) atoms. The van der Waals surface area contributed by atoms with E-state index in [2.05, 4.69) is 22.5 Å². The number of hydrogen-bond acceptors (Lipinski definition) is 4. The third-order valence-corrected chi connectivity index (χ3v) is 1.74. The Kier molecular flexibility index (Phi) is 8.75. The van der Waals surface area contributed by atoms with E-state index in [1.54, 1.807) is 6.20 Å². The van der Waals surface area contributed by atoms with Gasteiger partial charge in [-0.3, -0.25) is 4.98 Å². The molecule has 1 aromatic rings. The first kappa shape index (κ1) is 15.8. The molecule has 0 fully saturated rings. The van der Waals surface area contributed by atoms with E-state index < -0.39 is 11.9 Å². The van der Waals surface area contributed by atoms with E-state index >= 15 is 0 Å². The number of rotatable bonds is 4. The molecular formula is C12H16N2O4. The summed E-state index contributed by atoms with van der Waals surface area (Å²) in [7, 11) is 1.96. The lowest BCUT2D eigenvalue weighted by atomic mass is 10.2. The predicted octanol–water partition coefficient (Wildman–Crippen LogP) is 0.860. The van der Waals surface area contributed by atoms with Crippen LogP contribution in [-0.4, -0.2) is 40.7 Å². The Morgan fingerprint density at radius 1 is 1.39 bits per heavy atom. The van der Waals surface area contributed by atoms with Gasteiger partial charge in [0.25, 0.3) is 0 Å². The normalized spacial score (nSPS) is 9.61. The molecule has 0 saturated heterocycles. The van der Waals surface area contributed by atoms with Crippen molar-refractivity contribution >= 4 is 18.0 Å². The molecule has 1 rings (SSSR count). The van der Waals surface area contributed by atoms with Crippen LogP contribution in [0.1, 0.15) is 12.0 Å². The molecule has 0 radical (unpaired) electrons. The Morgan fingerprint density at radius 3 is 2.50 bits per heavy atom. The van der Waals surface area contributed by atoms with Gasteiger partial charge in [0.05, 0.1) is 0 Å². The number of hydrogen-bond donors (Lipinski definition) is 3. The molecule has 0 unspecified atom stereocenters. The molecular weight excluding hydrogens is 236 g/mol. The van der Waals surface area contributed by atoms with E-state index in [4.69, 9.17) is 19.8 Å². The molecule has 0 aliphatic heterocycles. The number of pyridine rings is 1. The van der Waals surface area contributed by atoms with Crippen LogP contribution in [0.2, 0.25) is 0 Å². The standard InChI is InChI=1S/C10H14N2.C2H2O4/c1-11-7-3-2-5-10-6-4-8-12-9-10;3-1(4)2(5)6/h2,4-6,8-9,11H,3,7H2,1H3;(H,3,4)(H,5,6). The smallest absolute Gasteiger partial charge is 0.414 e. The molecule has 3 N–H and O–H groups in total. The summed E-state index contributed by atoms with van der Waals surface area (Å²) in [6, 6.07) is 3.99. The van der Waals surface area contributed by atoms with Crippen LogP contribution in [0.4, 0.5) is 0 Å². The van der Waals surface area contributed by atoms with Gasteiger partial charge in [-0.15, -0.1) is 0 Å². The van der Waals surface area contributed by atoms with E-state index in [0.717, 1.165) is 18.5 Å². The zero-order chi connectivity index (χ0) is 13.8. The Bertz CT molecular complexity index is 378. The molecule has 0 saturated carbocycles. The fourth-order valence-electron chi connectivity index (χ4n) is 0.922. The summed E-state index contributed by atoms with van der Waals surface area (Å²) in [5.74, 6) is -3.65. The number of nitrogens with zero attached hydrogens (tertiary/aromatic N) is 1. The number of carbonyl (C=O) groups is 2. The minimum absolute atomic E-state index is 1.02. The molecule has 0 spiro atoms. The summed E-state index contributed by atoms with van der Waals surface area (Å²) in [5, 5.41) is 17.9. The van der Waals surface area contributed by atoms with Crippen LogP contribution in [0.5, 0.6) is 0 Å². The number of nitrogens with one attached hydrogen (secondary N) is 1. The van der Waals surface area contributed by atoms with Crippen molar-refractivity contribution in [1.29, 1.82) is 0 Å². The summed E-state index contributed by atoms with van der Waals surface area (Å²) < 4.78 is 0. The summed E-state index contributed by atoms with van der Waals surface area (Å²) in [5.41, 5.74) is 1.16. The highest BCUT2D eigenvalue weighted by molar-refractivity contribution is 6.27. The molecule has 0 aromatic carbocycles. The highest BCUT2D eigenvalue weighted by Gasteiger charge is 2.04. The van der Waals surface area contributed by atoms with Crippen molar-refractivity contribution in [3.8, 4) is 0 Å². The van der Waals surface area contributed by atoms with Crippen LogP contribution in [0.3, 0.4) is 0 Å². The van der Waals surface area contributed by atoms with E-state index in [0.29, 0.717) is 0 Å². The molecule has 0 aliphatic rings. The number of carboxylic acid groups (broad SMARTS) is 2. The third-order valence-electron chi connectivity index (χ3n) is 1.74. The van der Waals surface area contributed by atoms with E-state index in [1.165, 1.54) is 0 Å². The summed E-state index contributed by atoms with van der Waals surface area (Å²) in [6.45, 7) is 1.02. The second kappa shape index (κ2) is 9.98. The highest BCUT2D eigenvalue weighted by Crippen LogP contribution is 1.98. The van der Waals surface area contributed by atoms with Gasteiger partial charge in [0.15, 0.2) is 0 Å². The van der Waals surface area contributed by atoms with Crippen molar-refractivity contribution < 1.29 is 19.8 Å². The monoisotopic (exact) mass is 252 g/mol. The van der Waals surface area contributed by atoms with Crippen LogP contribution in [0.15, 0.2) is 30.6 Å². The maximum atomic E-state index is 9.10. The summed E-state index contributed by atoms with van der Waals surface area (Å²) in [4.78, 5) is 22.2. The van der Waals surface area contributed by atoms with E-state index in [-0.39, 0.29) is 0 Å². The minimum Gasteiger partial charge on any atom is -0.473 e. The van der Waals surface area contributed by atoms with Crippen LogP contribution in [0, 0.1) is 0 Å². The van der Waals surface area contributed by atoms with Crippen molar-refractivity contribution in [1.82, 2.24) is 10.3 Å². The molecule has 98 valence electrons. The Balaban J connectivity index is 0.000000411. The van der Waals surface area contributed by atoms with E-state index in [1.807, 2.05) is 25.4 Å². The van der Waals surface area contributed by atoms with Crippen LogP contribution < -0.4 is 5.32 Å². The Labute approximate surface area is 105 Å². The Hall–Kier alpha value is -2.21. The van der Waals surface area contributed by atoms with Crippen molar-refractivity contribution in [3.05, 3.63) is 36.2 Å². The van der Waals surface area contributed by atoms with Crippen LogP contribution in [0.25, 0.3) is 6.08 Å². The van der Waals surface area contributed by atoms with Gasteiger partial charge in [0.2, 0.25) is 0 Å². The van der Waals surface area contributed by atoms with Crippen LogP contribution >= 0.6 is 0 Å². The minimum atomic E-state index is -1.82. The van der Waals surface area contributed by atoms with Gasteiger partial charge in [-0.05, 0) is 31.6 Å². The highest BCUT2D eigenvalue weighted by atomic mass is 16.4. The first-order valence-electron chi connectivity index (χ1n) is 5.25. The summed E-state index contributed by atoms with van der Waals surface area (Å²) >= 11 is 0. The average Bonchev–Trinajstić information content (AvgIpc) is 2.36. The van der Waals surface area contributed by atoms with Gasteiger partial charge in [0.1, 0.15) is 0 Å².